The fourth-order valence-corrected chi connectivity index (χ4v) is 4.46. The summed E-state index contributed by atoms with van der Waals surface area (Å²) in [5.74, 6) is 4.75. The normalized spacial score (nSPS) is 27.0. The number of nitrogens with zero attached hydrogens (tertiary/aromatic N) is 1. The lowest BCUT2D eigenvalue weighted by Crippen LogP contribution is -2.29. The van der Waals surface area contributed by atoms with Crippen molar-refractivity contribution in [2.45, 2.75) is 12.3 Å². The Bertz CT molecular complexity index is 697. The zero-order valence-electron chi connectivity index (χ0n) is 12.8. The van der Waals surface area contributed by atoms with Crippen molar-refractivity contribution < 1.29 is 0 Å². The van der Waals surface area contributed by atoms with E-state index in [4.69, 9.17) is 6.42 Å². The second-order valence-electron chi connectivity index (χ2n) is 6.61. The summed E-state index contributed by atoms with van der Waals surface area (Å²) in [4.78, 5) is 2.46. The molecule has 0 saturated carbocycles. The lowest BCUT2D eigenvalue weighted by atomic mass is 9.68. The van der Waals surface area contributed by atoms with Crippen LogP contribution in [0.15, 0.2) is 54.6 Å². The predicted octanol–water partition coefficient (Wildman–Crippen LogP) is 3.56. The molecule has 1 heterocycles. The summed E-state index contributed by atoms with van der Waals surface area (Å²) in [5, 5.41) is 0. The van der Waals surface area contributed by atoms with Crippen molar-refractivity contribution in [1.82, 2.24) is 4.90 Å². The SMILES string of the molecule is C#CCN1CC2Cc3ccccc3C(c3ccccc3)C2C1. The number of fused-ring (bicyclic) bond motifs is 2. The standard InChI is InChI=1S/C21H21N/c1-2-12-22-14-18-13-17-10-6-7-11-19(17)21(20(18)15-22)16-8-4-3-5-9-16/h1,3-11,18,20-21H,12-15H2. The van der Waals surface area contributed by atoms with Crippen molar-refractivity contribution >= 4 is 0 Å². The van der Waals surface area contributed by atoms with E-state index in [1.165, 1.54) is 23.1 Å². The van der Waals surface area contributed by atoms with Gasteiger partial charge in [-0.25, -0.2) is 0 Å². The van der Waals surface area contributed by atoms with Crippen molar-refractivity contribution in [1.29, 1.82) is 0 Å². The van der Waals surface area contributed by atoms with Gasteiger partial charge in [-0.3, -0.25) is 4.90 Å². The van der Waals surface area contributed by atoms with E-state index in [0.717, 1.165) is 25.6 Å². The van der Waals surface area contributed by atoms with Crippen molar-refractivity contribution in [3.8, 4) is 12.3 Å². The van der Waals surface area contributed by atoms with E-state index < -0.39 is 0 Å². The zero-order chi connectivity index (χ0) is 14.9. The fraction of sp³-hybridized carbons (Fsp3) is 0.333. The molecule has 0 amide bonds. The molecular formula is C21H21N. The van der Waals surface area contributed by atoms with Gasteiger partial charge in [0, 0.05) is 19.0 Å². The monoisotopic (exact) mass is 287 g/mol. The molecule has 0 aromatic heterocycles. The van der Waals surface area contributed by atoms with Gasteiger partial charge in [-0.05, 0) is 34.9 Å². The van der Waals surface area contributed by atoms with Crippen LogP contribution < -0.4 is 0 Å². The molecular weight excluding hydrogens is 266 g/mol. The Morgan fingerprint density at radius 2 is 1.77 bits per heavy atom. The number of hydrogen-bond donors (Lipinski definition) is 0. The highest BCUT2D eigenvalue weighted by molar-refractivity contribution is 5.42. The summed E-state index contributed by atoms with van der Waals surface area (Å²) >= 11 is 0. The first-order valence-corrected chi connectivity index (χ1v) is 8.15. The van der Waals surface area contributed by atoms with Crippen LogP contribution in [0, 0.1) is 24.2 Å². The molecule has 0 bridgehead atoms. The van der Waals surface area contributed by atoms with Crippen molar-refractivity contribution in [3.63, 3.8) is 0 Å². The van der Waals surface area contributed by atoms with Gasteiger partial charge in [0.05, 0.1) is 6.54 Å². The number of rotatable bonds is 2. The van der Waals surface area contributed by atoms with Gasteiger partial charge >= 0.3 is 0 Å². The van der Waals surface area contributed by atoms with E-state index in [0.29, 0.717) is 11.8 Å². The van der Waals surface area contributed by atoms with E-state index in [-0.39, 0.29) is 0 Å². The van der Waals surface area contributed by atoms with Gasteiger partial charge in [0.25, 0.3) is 0 Å². The van der Waals surface area contributed by atoms with E-state index in [1.54, 1.807) is 0 Å². The minimum Gasteiger partial charge on any atom is -0.292 e. The molecule has 3 atom stereocenters. The van der Waals surface area contributed by atoms with Crippen molar-refractivity contribution in [2.24, 2.45) is 11.8 Å². The summed E-state index contributed by atoms with van der Waals surface area (Å²) in [6.07, 6.45) is 6.74. The van der Waals surface area contributed by atoms with E-state index in [9.17, 15) is 0 Å². The van der Waals surface area contributed by atoms with Crippen LogP contribution in [0.3, 0.4) is 0 Å². The Kier molecular flexibility index (Phi) is 3.48. The summed E-state index contributed by atoms with van der Waals surface area (Å²) < 4.78 is 0. The molecule has 22 heavy (non-hydrogen) atoms. The first kappa shape index (κ1) is 13.6. The number of benzene rings is 2. The van der Waals surface area contributed by atoms with Crippen LogP contribution in [0.2, 0.25) is 0 Å². The van der Waals surface area contributed by atoms with E-state index in [2.05, 4.69) is 65.4 Å². The summed E-state index contributed by atoms with van der Waals surface area (Å²) in [5.41, 5.74) is 4.50. The maximum absolute atomic E-state index is 5.54. The molecule has 1 aliphatic heterocycles. The topological polar surface area (TPSA) is 3.24 Å². The largest absolute Gasteiger partial charge is 0.292 e. The van der Waals surface area contributed by atoms with Crippen molar-refractivity contribution in [2.75, 3.05) is 19.6 Å². The Morgan fingerprint density at radius 3 is 2.59 bits per heavy atom. The van der Waals surface area contributed by atoms with Crippen LogP contribution in [0.5, 0.6) is 0 Å². The van der Waals surface area contributed by atoms with E-state index in [1.807, 2.05) is 0 Å². The van der Waals surface area contributed by atoms with Gasteiger partial charge in [0.1, 0.15) is 0 Å². The first-order chi connectivity index (χ1) is 10.9. The molecule has 110 valence electrons. The molecule has 0 radical (unpaired) electrons. The Morgan fingerprint density at radius 1 is 1.00 bits per heavy atom. The molecule has 0 N–H and O–H groups in total. The summed E-state index contributed by atoms with van der Waals surface area (Å²) in [6, 6.07) is 20.0. The van der Waals surface area contributed by atoms with Crippen LogP contribution >= 0.6 is 0 Å². The highest BCUT2D eigenvalue weighted by Crippen LogP contribution is 2.46. The molecule has 2 aliphatic rings. The van der Waals surface area contributed by atoms with Crippen molar-refractivity contribution in [3.05, 3.63) is 71.3 Å². The highest BCUT2D eigenvalue weighted by Gasteiger charge is 2.42. The van der Waals surface area contributed by atoms with E-state index >= 15 is 0 Å². The van der Waals surface area contributed by atoms with Gasteiger partial charge in [0.2, 0.25) is 0 Å². The maximum Gasteiger partial charge on any atom is 0.0599 e. The van der Waals surface area contributed by atoms with Gasteiger partial charge < -0.3 is 0 Å². The number of hydrogen-bond acceptors (Lipinski definition) is 1. The number of likely N-dealkylation sites (tertiary alicyclic amines) is 1. The number of terminal acetylenes is 1. The van der Waals surface area contributed by atoms with Crippen LogP contribution in [0.1, 0.15) is 22.6 Å². The minimum absolute atomic E-state index is 0.513. The van der Waals surface area contributed by atoms with Crippen LogP contribution in [0.25, 0.3) is 0 Å². The Labute approximate surface area is 133 Å². The fourth-order valence-electron chi connectivity index (χ4n) is 4.46. The molecule has 2 aromatic rings. The zero-order valence-corrected chi connectivity index (χ0v) is 12.8. The lowest BCUT2D eigenvalue weighted by molar-refractivity contribution is 0.348. The van der Waals surface area contributed by atoms with Crippen LogP contribution in [-0.2, 0) is 6.42 Å². The predicted molar refractivity (Wildman–Crippen MR) is 90.7 cm³/mol. The van der Waals surface area contributed by atoms with Gasteiger partial charge in [0.15, 0.2) is 0 Å². The van der Waals surface area contributed by atoms with Gasteiger partial charge in [-0.1, -0.05) is 60.5 Å². The second-order valence-corrected chi connectivity index (χ2v) is 6.61. The molecule has 1 heteroatoms. The molecule has 1 nitrogen and oxygen atoms in total. The smallest absolute Gasteiger partial charge is 0.0599 e. The lowest BCUT2D eigenvalue weighted by Gasteiger charge is -2.35. The average molecular weight is 287 g/mol. The Hall–Kier alpha value is -2.04. The molecule has 1 aliphatic carbocycles. The molecule has 0 spiro atoms. The molecule has 4 rings (SSSR count). The van der Waals surface area contributed by atoms with Gasteiger partial charge in [-0.15, -0.1) is 6.42 Å². The van der Waals surface area contributed by atoms with Crippen LogP contribution in [0.4, 0.5) is 0 Å². The second kappa shape index (κ2) is 5.63. The third-order valence-electron chi connectivity index (χ3n) is 5.34. The minimum atomic E-state index is 0.513. The summed E-state index contributed by atoms with van der Waals surface area (Å²) in [7, 11) is 0. The highest BCUT2D eigenvalue weighted by atomic mass is 15.1. The van der Waals surface area contributed by atoms with Crippen LogP contribution in [-0.4, -0.2) is 24.5 Å². The Balaban J connectivity index is 1.77. The molecule has 2 aromatic carbocycles. The first-order valence-electron chi connectivity index (χ1n) is 8.15. The molecule has 3 unspecified atom stereocenters. The summed E-state index contributed by atoms with van der Waals surface area (Å²) in [6.45, 7) is 3.06. The third-order valence-corrected chi connectivity index (χ3v) is 5.34. The molecule has 1 saturated heterocycles. The average Bonchev–Trinajstić information content (AvgIpc) is 2.95. The molecule has 1 fully saturated rings. The maximum atomic E-state index is 5.54. The third kappa shape index (κ3) is 2.25. The quantitative estimate of drug-likeness (QED) is 0.764. The van der Waals surface area contributed by atoms with Gasteiger partial charge in [-0.2, -0.15) is 0 Å².